The van der Waals surface area contributed by atoms with Crippen molar-refractivity contribution in [1.29, 1.82) is 0 Å². The number of nitrogens with one attached hydrogen (secondary N) is 1. The smallest absolute Gasteiger partial charge is 0.234 e. The van der Waals surface area contributed by atoms with E-state index >= 15 is 0 Å². The molecule has 0 radical (unpaired) electrons. The lowest BCUT2D eigenvalue weighted by Gasteiger charge is -2.14. The van der Waals surface area contributed by atoms with Crippen molar-refractivity contribution in [2.45, 2.75) is 25.5 Å². The molecular formula is C20H21N5OS. The summed E-state index contributed by atoms with van der Waals surface area (Å²) in [5.74, 6) is 1.10. The third-order valence-corrected chi connectivity index (χ3v) is 5.73. The maximum Gasteiger partial charge on any atom is 0.234 e. The molecular weight excluding hydrogens is 358 g/mol. The molecule has 6 nitrogen and oxygen atoms in total. The lowest BCUT2D eigenvalue weighted by Crippen LogP contribution is -2.15. The Morgan fingerprint density at radius 1 is 1.07 bits per heavy atom. The van der Waals surface area contributed by atoms with Crippen molar-refractivity contribution >= 4 is 35.0 Å². The molecule has 7 heteroatoms. The highest BCUT2D eigenvalue weighted by Crippen LogP contribution is 2.31. The molecule has 1 aliphatic heterocycles. The van der Waals surface area contributed by atoms with Gasteiger partial charge in [-0.1, -0.05) is 42.1 Å². The zero-order valence-electron chi connectivity index (χ0n) is 15.3. The maximum atomic E-state index is 12.4. The van der Waals surface area contributed by atoms with E-state index in [0.29, 0.717) is 5.75 Å². The molecule has 3 aromatic rings. The summed E-state index contributed by atoms with van der Waals surface area (Å²) in [6.07, 6.45) is 0. The number of hydrogen-bond donors (Lipinski definition) is 1. The summed E-state index contributed by atoms with van der Waals surface area (Å²) in [5, 5.41) is 12.4. The van der Waals surface area contributed by atoms with Gasteiger partial charge in [0.05, 0.1) is 5.75 Å². The first-order valence-corrected chi connectivity index (χ1v) is 9.86. The number of nitrogens with zero attached hydrogens (tertiary/aromatic N) is 4. The van der Waals surface area contributed by atoms with E-state index in [1.165, 1.54) is 11.8 Å². The Labute approximate surface area is 162 Å². The van der Waals surface area contributed by atoms with Crippen molar-refractivity contribution in [2.75, 3.05) is 22.5 Å². The van der Waals surface area contributed by atoms with Gasteiger partial charge in [-0.25, -0.2) is 0 Å². The summed E-state index contributed by atoms with van der Waals surface area (Å²) in [6.45, 7) is 5.73. The predicted molar refractivity (Wildman–Crippen MR) is 109 cm³/mol. The van der Waals surface area contributed by atoms with Crippen molar-refractivity contribution in [3.63, 3.8) is 0 Å². The highest BCUT2D eigenvalue weighted by molar-refractivity contribution is 7.99. The van der Waals surface area contributed by atoms with E-state index in [1.54, 1.807) is 0 Å². The number of carbonyl (C=O) groups excluding carboxylic acids is 1. The van der Waals surface area contributed by atoms with Crippen LogP contribution in [-0.4, -0.2) is 33.0 Å². The molecule has 1 amide bonds. The van der Waals surface area contributed by atoms with E-state index in [2.05, 4.69) is 37.1 Å². The van der Waals surface area contributed by atoms with E-state index in [4.69, 9.17) is 0 Å². The molecule has 2 aromatic carbocycles. The van der Waals surface area contributed by atoms with E-state index in [-0.39, 0.29) is 5.91 Å². The number of hydrogen-bond acceptors (Lipinski definition) is 5. The molecule has 0 aliphatic carbocycles. The van der Waals surface area contributed by atoms with Crippen molar-refractivity contribution in [3.8, 4) is 0 Å². The largest absolute Gasteiger partial charge is 0.325 e. The Morgan fingerprint density at radius 2 is 1.89 bits per heavy atom. The monoisotopic (exact) mass is 379 g/mol. The van der Waals surface area contributed by atoms with Crippen LogP contribution in [0.3, 0.4) is 0 Å². The molecule has 0 atom stereocenters. The zero-order valence-corrected chi connectivity index (χ0v) is 16.2. The number of carbonyl (C=O) groups is 1. The van der Waals surface area contributed by atoms with Crippen LogP contribution < -0.4 is 10.2 Å². The highest BCUT2D eigenvalue weighted by Gasteiger charge is 2.26. The van der Waals surface area contributed by atoms with Crippen LogP contribution in [0.25, 0.3) is 0 Å². The fourth-order valence-corrected chi connectivity index (χ4v) is 3.90. The van der Waals surface area contributed by atoms with Gasteiger partial charge in [0.1, 0.15) is 0 Å². The summed E-state index contributed by atoms with van der Waals surface area (Å²) < 4.78 is 2.07. The second-order valence-corrected chi connectivity index (χ2v) is 7.45. The molecule has 2 heterocycles. The molecule has 0 saturated heterocycles. The van der Waals surface area contributed by atoms with Crippen LogP contribution in [0.4, 0.5) is 17.3 Å². The predicted octanol–water partition coefficient (Wildman–Crippen LogP) is 3.78. The van der Waals surface area contributed by atoms with Gasteiger partial charge in [0.25, 0.3) is 0 Å². The fourth-order valence-electron chi connectivity index (χ4n) is 3.14. The Morgan fingerprint density at radius 3 is 2.70 bits per heavy atom. The lowest BCUT2D eigenvalue weighted by molar-refractivity contribution is -0.113. The lowest BCUT2D eigenvalue weighted by atomic mass is 10.1. The van der Waals surface area contributed by atoms with Crippen LogP contribution in [0.15, 0.2) is 53.7 Å². The first-order valence-electron chi connectivity index (χ1n) is 8.88. The van der Waals surface area contributed by atoms with Gasteiger partial charge in [0.15, 0.2) is 5.16 Å². The Kier molecular flexibility index (Phi) is 4.85. The number of fused-ring (bicyclic) bond motifs is 1. The molecule has 1 aliphatic rings. The van der Waals surface area contributed by atoms with E-state index in [9.17, 15) is 4.79 Å². The van der Waals surface area contributed by atoms with Crippen LogP contribution in [0, 0.1) is 13.8 Å². The topological polar surface area (TPSA) is 63.1 Å². The number of aromatic nitrogens is 3. The summed E-state index contributed by atoms with van der Waals surface area (Å²) in [5.41, 5.74) is 4.23. The van der Waals surface area contributed by atoms with Crippen LogP contribution >= 0.6 is 11.8 Å². The van der Waals surface area contributed by atoms with Crippen LogP contribution in [-0.2, 0) is 11.3 Å². The van der Waals surface area contributed by atoms with Crippen LogP contribution in [0.5, 0.6) is 0 Å². The quantitative estimate of drug-likeness (QED) is 0.684. The van der Waals surface area contributed by atoms with Crippen LogP contribution in [0.2, 0.25) is 0 Å². The van der Waals surface area contributed by atoms with Crippen LogP contribution in [0.1, 0.15) is 11.1 Å². The molecule has 138 valence electrons. The van der Waals surface area contributed by atoms with E-state index in [0.717, 1.165) is 46.7 Å². The molecule has 4 rings (SSSR count). The fraction of sp³-hybridized carbons (Fsp3) is 0.250. The molecule has 0 spiro atoms. The van der Waals surface area contributed by atoms with Gasteiger partial charge >= 0.3 is 0 Å². The second kappa shape index (κ2) is 7.44. The number of anilines is 3. The molecule has 0 unspecified atom stereocenters. The molecule has 0 bridgehead atoms. The average molecular weight is 379 g/mol. The number of thioether (sulfide) groups is 1. The molecule has 0 fully saturated rings. The Balaban J connectivity index is 1.42. The van der Waals surface area contributed by atoms with Gasteiger partial charge < -0.3 is 10.2 Å². The van der Waals surface area contributed by atoms with Gasteiger partial charge in [0.2, 0.25) is 11.9 Å². The molecule has 1 aromatic heterocycles. The summed E-state index contributed by atoms with van der Waals surface area (Å²) in [7, 11) is 0. The zero-order chi connectivity index (χ0) is 18.8. The minimum atomic E-state index is -0.0380. The average Bonchev–Trinajstić information content (AvgIpc) is 3.27. The summed E-state index contributed by atoms with van der Waals surface area (Å²) in [6, 6.07) is 16.1. The third-order valence-electron chi connectivity index (χ3n) is 4.76. The van der Waals surface area contributed by atoms with Gasteiger partial charge in [-0.3, -0.25) is 9.36 Å². The summed E-state index contributed by atoms with van der Waals surface area (Å²) >= 11 is 1.42. The van der Waals surface area contributed by atoms with Crippen molar-refractivity contribution < 1.29 is 4.79 Å². The Bertz CT molecular complexity index is 970. The summed E-state index contributed by atoms with van der Waals surface area (Å²) in [4.78, 5) is 14.5. The SMILES string of the molecule is Cc1cccc(NC(=O)CSc2nnc3n2CCN3c2ccccc2)c1C. The minimum Gasteiger partial charge on any atom is -0.325 e. The van der Waals surface area contributed by atoms with E-state index in [1.807, 2.05) is 50.2 Å². The maximum absolute atomic E-state index is 12.4. The number of rotatable bonds is 5. The van der Waals surface area contributed by atoms with Gasteiger partial charge in [-0.2, -0.15) is 0 Å². The minimum absolute atomic E-state index is 0.0380. The molecule has 1 N–H and O–H groups in total. The Hall–Kier alpha value is -2.80. The molecule has 27 heavy (non-hydrogen) atoms. The third kappa shape index (κ3) is 3.55. The number of amides is 1. The van der Waals surface area contributed by atoms with Gasteiger partial charge in [0, 0.05) is 24.5 Å². The van der Waals surface area contributed by atoms with Gasteiger partial charge in [-0.05, 0) is 43.2 Å². The van der Waals surface area contributed by atoms with Gasteiger partial charge in [-0.15, -0.1) is 10.2 Å². The second-order valence-electron chi connectivity index (χ2n) is 6.51. The molecule has 0 saturated carbocycles. The number of benzene rings is 2. The first-order chi connectivity index (χ1) is 13.1. The standard InChI is InChI=1S/C20H21N5OS/c1-14-7-6-10-17(15(14)2)21-18(26)13-27-20-23-22-19-24(11-12-25(19)20)16-8-4-3-5-9-16/h3-10H,11-13H2,1-2H3,(H,21,26). The van der Waals surface area contributed by atoms with E-state index < -0.39 is 0 Å². The number of para-hydroxylation sites is 1. The normalized spacial score (nSPS) is 12.9. The van der Waals surface area contributed by atoms with Crippen molar-refractivity contribution in [3.05, 3.63) is 59.7 Å². The highest BCUT2D eigenvalue weighted by atomic mass is 32.2. The first kappa shape index (κ1) is 17.6. The number of aryl methyl sites for hydroxylation is 1. The van der Waals surface area contributed by atoms with Crippen molar-refractivity contribution in [2.24, 2.45) is 0 Å². The van der Waals surface area contributed by atoms with Crippen molar-refractivity contribution in [1.82, 2.24) is 14.8 Å².